The molecule has 0 saturated carbocycles. The summed E-state index contributed by atoms with van der Waals surface area (Å²) in [6, 6.07) is -0.586. The quantitative estimate of drug-likeness (QED) is 0.652. The van der Waals surface area contributed by atoms with Gasteiger partial charge in [-0.05, 0) is 27.7 Å². The third kappa shape index (κ3) is 6.13. The van der Waals surface area contributed by atoms with Crippen LogP contribution in [-0.2, 0) is 14.3 Å². The predicted octanol–water partition coefficient (Wildman–Crippen LogP) is 0.853. The van der Waals surface area contributed by atoms with Gasteiger partial charge in [0.25, 0.3) is 0 Å². The Balaban J connectivity index is 4.05. The fourth-order valence-electron chi connectivity index (χ4n) is 0.754. The van der Waals surface area contributed by atoms with Crippen LogP contribution in [0.5, 0.6) is 0 Å². The molecule has 0 aliphatic heterocycles. The maximum absolute atomic E-state index is 11.3. The van der Waals surface area contributed by atoms with Crippen LogP contribution in [0.1, 0.15) is 34.6 Å². The summed E-state index contributed by atoms with van der Waals surface area (Å²) in [6.07, 6.45) is 0. The maximum atomic E-state index is 11.3. The average Bonchev–Trinajstić information content (AvgIpc) is 1.81. The number of carbonyl (C=O) groups excluding carboxylic acids is 2. The molecule has 0 rings (SSSR count). The summed E-state index contributed by atoms with van der Waals surface area (Å²) in [4.78, 5) is 21.9. The van der Waals surface area contributed by atoms with E-state index in [2.05, 4.69) is 5.32 Å². The lowest BCUT2D eigenvalue weighted by Gasteiger charge is -2.22. The Kier molecular flexibility index (Phi) is 3.91. The van der Waals surface area contributed by atoms with Crippen LogP contribution >= 0.6 is 0 Å². The molecule has 1 atom stereocenters. The van der Waals surface area contributed by atoms with Gasteiger partial charge in [0.05, 0.1) is 0 Å². The van der Waals surface area contributed by atoms with Crippen LogP contribution in [-0.4, -0.2) is 23.5 Å². The zero-order chi connectivity index (χ0) is 10.6. The van der Waals surface area contributed by atoms with E-state index >= 15 is 0 Å². The van der Waals surface area contributed by atoms with Crippen molar-refractivity contribution in [2.24, 2.45) is 0 Å². The number of hydrogen-bond donors (Lipinski definition) is 1. The molecule has 4 nitrogen and oxygen atoms in total. The highest BCUT2D eigenvalue weighted by Gasteiger charge is 2.21. The van der Waals surface area contributed by atoms with Gasteiger partial charge in [-0.1, -0.05) is 0 Å². The van der Waals surface area contributed by atoms with Crippen molar-refractivity contribution in [2.45, 2.75) is 46.3 Å². The van der Waals surface area contributed by atoms with Crippen molar-refractivity contribution in [3.05, 3.63) is 0 Å². The van der Waals surface area contributed by atoms with Gasteiger partial charge in [-0.2, -0.15) is 0 Å². The normalized spacial score (nSPS) is 13.3. The fraction of sp³-hybridized carbons (Fsp3) is 0.778. The van der Waals surface area contributed by atoms with Crippen LogP contribution in [0.15, 0.2) is 0 Å². The Morgan fingerprint density at radius 2 is 1.77 bits per heavy atom. The zero-order valence-corrected chi connectivity index (χ0v) is 8.80. The Labute approximate surface area is 78.6 Å². The first-order chi connectivity index (χ1) is 5.72. The summed E-state index contributed by atoms with van der Waals surface area (Å²) < 4.78 is 5.05. The van der Waals surface area contributed by atoms with Crippen molar-refractivity contribution in [3.63, 3.8) is 0 Å². The number of hydrogen-bond acceptors (Lipinski definition) is 3. The smallest absolute Gasteiger partial charge is 0.328 e. The van der Waals surface area contributed by atoms with Gasteiger partial charge in [0.1, 0.15) is 11.6 Å². The van der Waals surface area contributed by atoms with Gasteiger partial charge in [0, 0.05) is 6.92 Å². The molecule has 0 bridgehead atoms. The third-order valence-electron chi connectivity index (χ3n) is 1.18. The van der Waals surface area contributed by atoms with E-state index < -0.39 is 17.6 Å². The minimum atomic E-state index is -0.586. The molecule has 0 spiro atoms. The van der Waals surface area contributed by atoms with Gasteiger partial charge in [-0.25, -0.2) is 4.79 Å². The minimum absolute atomic E-state index is 0.238. The van der Waals surface area contributed by atoms with Gasteiger partial charge < -0.3 is 10.1 Å². The molecule has 0 fully saturated rings. The first-order valence-corrected chi connectivity index (χ1v) is 4.22. The van der Waals surface area contributed by atoms with E-state index in [-0.39, 0.29) is 5.91 Å². The van der Waals surface area contributed by atoms with Crippen molar-refractivity contribution in [1.82, 2.24) is 5.32 Å². The van der Waals surface area contributed by atoms with Crippen molar-refractivity contribution in [3.8, 4) is 0 Å². The van der Waals surface area contributed by atoms with Crippen molar-refractivity contribution >= 4 is 11.9 Å². The highest BCUT2D eigenvalue weighted by molar-refractivity contribution is 5.82. The van der Waals surface area contributed by atoms with Gasteiger partial charge in [-0.3, -0.25) is 4.79 Å². The molecule has 0 radical (unpaired) electrons. The minimum Gasteiger partial charge on any atom is -0.458 e. The lowest BCUT2D eigenvalue weighted by Crippen LogP contribution is -2.41. The summed E-state index contributed by atoms with van der Waals surface area (Å²) in [5.74, 6) is -0.652. The van der Waals surface area contributed by atoms with E-state index in [1.165, 1.54) is 6.92 Å². The number of rotatable bonds is 2. The second kappa shape index (κ2) is 4.25. The molecule has 0 aromatic carbocycles. The topological polar surface area (TPSA) is 55.4 Å². The Morgan fingerprint density at radius 3 is 2.08 bits per heavy atom. The Hall–Kier alpha value is -1.06. The first kappa shape index (κ1) is 11.9. The molecule has 0 aromatic rings. The fourth-order valence-corrected chi connectivity index (χ4v) is 0.754. The predicted molar refractivity (Wildman–Crippen MR) is 49.1 cm³/mol. The molecular weight excluding hydrogens is 170 g/mol. The third-order valence-corrected chi connectivity index (χ3v) is 1.18. The van der Waals surface area contributed by atoms with E-state index in [4.69, 9.17) is 4.74 Å². The molecule has 76 valence electrons. The summed E-state index contributed by atoms with van der Waals surface area (Å²) in [5.41, 5.74) is -0.510. The molecule has 0 heterocycles. The number of carbonyl (C=O) groups is 2. The second-order valence-electron chi connectivity index (χ2n) is 3.96. The van der Waals surface area contributed by atoms with Crippen molar-refractivity contribution in [1.29, 1.82) is 0 Å². The molecule has 0 aliphatic rings. The molecule has 0 aliphatic carbocycles. The van der Waals surface area contributed by atoms with Gasteiger partial charge in [0.2, 0.25) is 5.91 Å². The van der Waals surface area contributed by atoms with Gasteiger partial charge in [0.15, 0.2) is 0 Å². The van der Waals surface area contributed by atoms with Crippen LogP contribution in [0.2, 0.25) is 0 Å². The second-order valence-corrected chi connectivity index (χ2v) is 3.96. The molecule has 4 heteroatoms. The molecule has 13 heavy (non-hydrogen) atoms. The standard InChI is InChI=1S/C9H17NO3/c1-6(10-7(2)11)8(12)13-9(3,4)5/h6H,1-5H3,(H,10,11)/t6-/m1/s1. The lowest BCUT2D eigenvalue weighted by molar-refractivity contribution is -0.158. The van der Waals surface area contributed by atoms with E-state index in [9.17, 15) is 9.59 Å². The SMILES string of the molecule is CC(=O)N[C@H](C)C(=O)OC(C)(C)C. The van der Waals surface area contributed by atoms with Crippen LogP contribution in [0, 0.1) is 0 Å². The first-order valence-electron chi connectivity index (χ1n) is 4.22. The van der Waals surface area contributed by atoms with E-state index in [0.29, 0.717) is 0 Å². The Morgan fingerprint density at radius 1 is 1.31 bits per heavy atom. The van der Waals surface area contributed by atoms with E-state index in [0.717, 1.165) is 0 Å². The molecular formula is C9H17NO3. The largest absolute Gasteiger partial charge is 0.458 e. The van der Waals surface area contributed by atoms with Gasteiger partial charge in [-0.15, -0.1) is 0 Å². The number of ether oxygens (including phenoxy) is 1. The summed E-state index contributed by atoms with van der Waals surface area (Å²) in [6.45, 7) is 8.30. The number of nitrogens with one attached hydrogen (secondary N) is 1. The monoisotopic (exact) mass is 187 g/mol. The zero-order valence-electron chi connectivity index (χ0n) is 8.80. The van der Waals surface area contributed by atoms with Crippen molar-refractivity contribution in [2.75, 3.05) is 0 Å². The molecule has 0 unspecified atom stereocenters. The summed E-state index contributed by atoms with van der Waals surface area (Å²) in [7, 11) is 0. The maximum Gasteiger partial charge on any atom is 0.328 e. The summed E-state index contributed by atoms with van der Waals surface area (Å²) in [5, 5.41) is 2.45. The summed E-state index contributed by atoms with van der Waals surface area (Å²) >= 11 is 0. The van der Waals surface area contributed by atoms with Crippen LogP contribution in [0.25, 0.3) is 0 Å². The molecule has 1 amide bonds. The van der Waals surface area contributed by atoms with Crippen LogP contribution in [0.4, 0.5) is 0 Å². The molecule has 0 aromatic heterocycles. The molecule has 0 saturated heterocycles. The highest BCUT2D eigenvalue weighted by Crippen LogP contribution is 2.07. The van der Waals surface area contributed by atoms with E-state index in [1.807, 2.05) is 0 Å². The Bertz CT molecular complexity index is 205. The van der Waals surface area contributed by atoms with Crippen LogP contribution in [0.3, 0.4) is 0 Å². The highest BCUT2D eigenvalue weighted by atomic mass is 16.6. The number of amides is 1. The van der Waals surface area contributed by atoms with Crippen LogP contribution < -0.4 is 5.32 Å². The average molecular weight is 187 g/mol. The van der Waals surface area contributed by atoms with E-state index in [1.54, 1.807) is 27.7 Å². The van der Waals surface area contributed by atoms with Crippen molar-refractivity contribution < 1.29 is 14.3 Å². The lowest BCUT2D eigenvalue weighted by atomic mass is 10.2. The number of esters is 1. The molecule has 1 N–H and O–H groups in total. The van der Waals surface area contributed by atoms with Gasteiger partial charge >= 0.3 is 5.97 Å².